The van der Waals surface area contributed by atoms with Gasteiger partial charge >= 0.3 is 0 Å². The average molecular weight is 195 g/mol. The quantitative estimate of drug-likeness (QED) is 0.588. The van der Waals surface area contributed by atoms with Crippen LogP contribution in [0.25, 0.3) is 0 Å². The van der Waals surface area contributed by atoms with Crippen LogP contribution in [0, 0.1) is 5.92 Å². The van der Waals surface area contributed by atoms with E-state index in [0.717, 1.165) is 6.42 Å². The normalized spacial score (nSPS) is 30.5. The molecule has 1 nitrogen and oxygen atoms in total. The van der Waals surface area contributed by atoms with Gasteiger partial charge in [0.05, 0.1) is 0 Å². The second-order valence-corrected chi connectivity index (χ2v) is 4.77. The Balaban J connectivity index is 2.58. The summed E-state index contributed by atoms with van der Waals surface area (Å²) >= 11 is 11.8. The van der Waals surface area contributed by atoms with Gasteiger partial charge in [-0.1, -0.05) is 6.92 Å². The van der Waals surface area contributed by atoms with E-state index in [4.69, 9.17) is 23.2 Å². The molecule has 11 heavy (non-hydrogen) atoms. The van der Waals surface area contributed by atoms with Crippen LogP contribution in [-0.2, 0) is 4.79 Å². The van der Waals surface area contributed by atoms with Gasteiger partial charge in [0.1, 0.15) is 10.1 Å². The molecular formula is C8H12Cl2O. The molecule has 0 aromatic heterocycles. The zero-order chi connectivity index (χ0) is 8.48. The van der Waals surface area contributed by atoms with Gasteiger partial charge in [0.15, 0.2) is 0 Å². The fraction of sp³-hybridized carbons (Fsp3) is 0.875. The minimum absolute atomic E-state index is 0.0961. The first-order valence-electron chi connectivity index (χ1n) is 3.96. The summed E-state index contributed by atoms with van der Waals surface area (Å²) in [5, 5.41) is 0. The Morgan fingerprint density at radius 1 is 1.64 bits per heavy atom. The van der Waals surface area contributed by atoms with Crippen molar-refractivity contribution in [2.45, 2.75) is 36.9 Å². The molecule has 0 bridgehead atoms. The molecule has 1 rings (SSSR count). The van der Waals surface area contributed by atoms with Crippen LogP contribution in [0.5, 0.6) is 0 Å². The number of Topliss-reactive ketones (excluding diaryl/α,β-unsaturated/α-hetero) is 1. The number of halogens is 2. The van der Waals surface area contributed by atoms with Crippen molar-refractivity contribution in [1.82, 2.24) is 0 Å². The number of hydrogen-bond donors (Lipinski definition) is 0. The van der Waals surface area contributed by atoms with E-state index in [-0.39, 0.29) is 5.92 Å². The summed E-state index contributed by atoms with van der Waals surface area (Å²) in [6.07, 6.45) is 2.66. The Kier molecular flexibility index (Phi) is 2.82. The largest absolute Gasteiger partial charge is 0.299 e. The van der Waals surface area contributed by atoms with Crippen molar-refractivity contribution in [3.8, 4) is 0 Å². The predicted molar refractivity (Wildman–Crippen MR) is 47.1 cm³/mol. The van der Waals surface area contributed by atoms with E-state index in [9.17, 15) is 4.79 Å². The van der Waals surface area contributed by atoms with Gasteiger partial charge in [-0.3, -0.25) is 4.79 Å². The minimum Gasteiger partial charge on any atom is -0.299 e. The topological polar surface area (TPSA) is 17.1 Å². The predicted octanol–water partition coefficient (Wildman–Crippen LogP) is 2.94. The molecule has 1 unspecified atom stereocenters. The summed E-state index contributed by atoms with van der Waals surface area (Å²) in [7, 11) is 0. The molecule has 0 saturated heterocycles. The van der Waals surface area contributed by atoms with Crippen LogP contribution in [0.4, 0.5) is 0 Å². The number of ketones is 1. The third kappa shape index (κ3) is 2.34. The molecule has 1 atom stereocenters. The maximum absolute atomic E-state index is 11.2. The Labute approximate surface area is 77.1 Å². The molecule has 1 aliphatic rings. The Bertz CT molecular complexity index is 165. The highest BCUT2D eigenvalue weighted by Gasteiger charge is 2.36. The first-order valence-corrected chi connectivity index (χ1v) is 4.71. The Morgan fingerprint density at radius 3 is 2.73 bits per heavy atom. The first-order chi connectivity index (χ1) is 5.05. The molecule has 3 heteroatoms. The lowest BCUT2D eigenvalue weighted by molar-refractivity contribution is -0.124. The molecule has 0 heterocycles. The Hall–Kier alpha value is 0.250. The highest BCUT2D eigenvalue weighted by Crippen LogP contribution is 2.39. The van der Waals surface area contributed by atoms with Crippen molar-refractivity contribution in [2.75, 3.05) is 0 Å². The second-order valence-electron chi connectivity index (χ2n) is 3.13. The summed E-state index contributed by atoms with van der Waals surface area (Å²) in [5.74, 6) is 0.420. The van der Waals surface area contributed by atoms with E-state index in [1.807, 2.05) is 6.92 Å². The maximum atomic E-state index is 11.2. The van der Waals surface area contributed by atoms with Crippen LogP contribution >= 0.6 is 23.2 Å². The zero-order valence-electron chi connectivity index (χ0n) is 6.57. The van der Waals surface area contributed by atoms with Crippen LogP contribution in [0.2, 0.25) is 0 Å². The first kappa shape index (κ1) is 9.34. The summed E-state index contributed by atoms with van der Waals surface area (Å²) in [6, 6.07) is 0. The van der Waals surface area contributed by atoms with Gasteiger partial charge in [-0.2, -0.15) is 0 Å². The third-order valence-electron chi connectivity index (χ3n) is 2.23. The van der Waals surface area contributed by atoms with Gasteiger partial charge < -0.3 is 0 Å². The van der Waals surface area contributed by atoms with Crippen molar-refractivity contribution in [1.29, 1.82) is 0 Å². The fourth-order valence-electron chi connectivity index (χ4n) is 1.46. The summed E-state index contributed by atoms with van der Waals surface area (Å²) in [5.41, 5.74) is 0. The molecule has 0 spiro atoms. The molecule has 0 aromatic rings. The van der Waals surface area contributed by atoms with Crippen LogP contribution in [0.15, 0.2) is 0 Å². The van der Waals surface area contributed by atoms with E-state index >= 15 is 0 Å². The summed E-state index contributed by atoms with van der Waals surface area (Å²) in [6.45, 7) is 2.00. The number of alkyl halides is 2. The lowest BCUT2D eigenvalue weighted by Gasteiger charge is -2.29. The van der Waals surface area contributed by atoms with Crippen molar-refractivity contribution in [3.05, 3.63) is 0 Å². The maximum Gasteiger partial charge on any atom is 0.136 e. The van der Waals surface area contributed by atoms with Crippen molar-refractivity contribution >= 4 is 29.0 Å². The lowest BCUT2D eigenvalue weighted by Crippen LogP contribution is -2.30. The molecule has 1 saturated carbocycles. The second kappa shape index (κ2) is 3.32. The van der Waals surface area contributed by atoms with Crippen molar-refractivity contribution in [2.24, 2.45) is 5.92 Å². The van der Waals surface area contributed by atoms with Gasteiger partial charge in [0.25, 0.3) is 0 Å². The highest BCUT2D eigenvalue weighted by atomic mass is 35.5. The summed E-state index contributed by atoms with van der Waals surface area (Å²) in [4.78, 5) is 11.2. The monoisotopic (exact) mass is 194 g/mol. The fourth-order valence-corrected chi connectivity index (χ4v) is 2.02. The SMILES string of the molecule is CCC1CC(Cl)(Cl)CCC1=O. The third-order valence-corrected chi connectivity index (χ3v) is 2.92. The molecule has 1 fully saturated rings. The van der Waals surface area contributed by atoms with Gasteiger partial charge in [-0.25, -0.2) is 0 Å². The molecule has 0 radical (unpaired) electrons. The van der Waals surface area contributed by atoms with Crippen LogP contribution in [0.3, 0.4) is 0 Å². The van der Waals surface area contributed by atoms with Crippen molar-refractivity contribution < 1.29 is 4.79 Å². The molecule has 0 amide bonds. The van der Waals surface area contributed by atoms with Crippen molar-refractivity contribution in [3.63, 3.8) is 0 Å². The Morgan fingerprint density at radius 2 is 2.27 bits per heavy atom. The van der Waals surface area contributed by atoms with Gasteiger partial charge in [0, 0.05) is 12.3 Å². The van der Waals surface area contributed by atoms with E-state index in [0.29, 0.717) is 25.0 Å². The standard InChI is InChI=1S/C8H12Cl2O/c1-2-6-5-8(9,10)4-3-7(6)11/h6H,2-5H2,1H3. The smallest absolute Gasteiger partial charge is 0.136 e. The van der Waals surface area contributed by atoms with Gasteiger partial charge in [-0.05, 0) is 19.3 Å². The molecule has 64 valence electrons. The average Bonchev–Trinajstić information content (AvgIpc) is 1.94. The van der Waals surface area contributed by atoms with E-state index < -0.39 is 4.33 Å². The molecule has 0 aromatic carbocycles. The minimum atomic E-state index is -0.644. The van der Waals surface area contributed by atoms with E-state index in [2.05, 4.69) is 0 Å². The van der Waals surface area contributed by atoms with E-state index in [1.54, 1.807) is 0 Å². The van der Waals surface area contributed by atoms with Gasteiger partial charge in [0.2, 0.25) is 0 Å². The molecule has 0 aliphatic heterocycles. The molecule has 0 N–H and O–H groups in total. The zero-order valence-corrected chi connectivity index (χ0v) is 8.08. The van der Waals surface area contributed by atoms with Crippen LogP contribution in [-0.4, -0.2) is 10.1 Å². The lowest BCUT2D eigenvalue weighted by atomic mass is 9.85. The number of carbonyl (C=O) groups is 1. The number of hydrogen-bond acceptors (Lipinski definition) is 1. The molecule has 1 aliphatic carbocycles. The molecular weight excluding hydrogens is 183 g/mol. The number of carbonyl (C=O) groups excluding carboxylic acids is 1. The number of rotatable bonds is 1. The van der Waals surface area contributed by atoms with E-state index in [1.165, 1.54) is 0 Å². The van der Waals surface area contributed by atoms with Crippen LogP contribution in [0.1, 0.15) is 32.6 Å². The van der Waals surface area contributed by atoms with Gasteiger partial charge in [-0.15, -0.1) is 23.2 Å². The summed E-state index contributed by atoms with van der Waals surface area (Å²) < 4.78 is -0.644. The van der Waals surface area contributed by atoms with Crippen LogP contribution < -0.4 is 0 Å². The highest BCUT2D eigenvalue weighted by molar-refractivity contribution is 6.48.